The number of rotatable bonds is 6. The molecule has 3 amide bonds. The number of carbonyl (C=O) groups excluding carboxylic acids is 3. The fourth-order valence-corrected chi connectivity index (χ4v) is 3.82. The van der Waals surface area contributed by atoms with Gasteiger partial charge in [0, 0.05) is 17.5 Å². The van der Waals surface area contributed by atoms with E-state index in [2.05, 4.69) is 15.6 Å². The predicted molar refractivity (Wildman–Crippen MR) is 99.9 cm³/mol. The molecule has 1 aromatic heterocycles. The fraction of sp³-hybridized carbons (Fsp3) is 0.176. The van der Waals surface area contributed by atoms with Gasteiger partial charge in [0.2, 0.25) is 17.7 Å². The van der Waals surface area contributed by atoms with Crippen molar-refractivity contribution in [3.05, 3.63) is 53.6 Å². The number of hydrogen-bond acceptors (Lipinski definition) is 7. The average Bonchev–Trinajstić information content (AvgIpc) is 2.66. The Morgan fingerprint density at radius 2 is 1.93 bits per heavy atom. The molecule has 1 aliphatic heterocycles. The first-order valence-corrected chi connectivity index (χ1v) is 8.85. The molecule has 1 aliphatic rings. The van der Waals surface area contributed by atoms with Crippen molar-refractivity contribution < 1.29 is 14.4 Å². The van der Waals surface area contributed by atoms with Crippen molar-refractivity contribution in [1.82, 2.24) is 10.4 Å². The van der Waals surface area contributed by atoms with Crippen LogP contribution < -0.4 is 15.6 Å². The Morgan fingerprint density at radius 3 is 2.67 bits per heavy atom. The van der Waals surface area contributed by atoms with E-state index < -0.39 is 23.0 Å². The first-order chi connectivity index (χ1) is 13.1. The van der Waals surface area contributed by atoms with E-state index in [0.717, 1.165) is 4.90 Å². The number of benzene rings is 1. The van der Waals surface area contributed by atoms with Gasteiger partial charge in [-0.15, -0.1) is 16.7 Å². The summed E-state index contributed by atoms with van der Waals surface area (Å²) < 4.78 is 0. The van der Waals surface area contributed by atoms with Crippen LogP contribution in [0.15, 0.2) is 58.8 Å². The van der Waals surface area contributed by atoms with Crippen molar-refractivity contribution in [2.45, 2.75) is 16.6 Å². The fourth-order valence-electron chi connectivity index (χ4n) is 2.60. The van der Waals surface area contributed by atoms with Crippen molar-refractivity contribution in [1.29, 1.82) is 0 Å². The lowest BCUT2D eigenvalue weighted by molar-refractivity contribution is -0.125. The highest BCUT2D eigenvalue weighted by atomic mass is 32.2. The molecule has 0 spiro atoms. The molecule has 3 rings (SSSR count). The van der Waals surface area contributed by atoms with E-state index in [9.17, 15) is 19.3 Å². The molecule has 2 heterocycles. The third kappa shape index (κ3) is 4.47. The minimum absolute atomic E-state index is 0.220. The number of hydrogen-bond donors (Lipinski definition) is 2. The van der Waals surface area contributed by atoms with Crippen molar-refractivity contribution in [2.75, 3.05) is 16.8 Å². The molecule has 1 aromatic carbocycles. The summed E-state index contributed by atoms with van der Waals surface area (Å²) in [7, 11) is 0. The quantitative estimate of drug-likeness (QED) is 0.577. The predicted octanol–water partition coefficient (Wildman–Crippen LogP) is 1.72. The van der Waals surface area contributed by atoms with Crippen LogP contribution in [0.4, 0.5) is 11.5 Å². The molecule has 9 nitrogen and oxygen atoms in total. The SMILES string of the molecule is O=NNC(=O)CC1Sc2ccccc2N(CC(=O)Nc2ccccn2)C1=O. The second kappa shape index (κ2) is 8.41. The Morgan fingerprint density at radius 1 is 1.15 bits per heavy atom. The molecule has 0 bridgehead atoms. The Hall–Kier alpha value is -3.27. The Balaban J connectivity index is 1.79. The van der Waals surface area contributed by atoms with E-state index in [1.165, 1.54) is 16.7 Å². The molecule has 1 atom stereocenters. The lowest BCUT2D eigenvalue weighted by Crippen LogP contribution is -2.46. The third-order valence-electron chi connectivity index (χ3n) is 3.74. The van der Waals surface area contributed by atoms with Crippen molar-refractivity contribution in [2.24, 2.45) is 5.29 Å². The average molecular weight is 385 g/mol. The van der Waals surface area contributed by atoms with Crippen LogP contribution in [0.2, 0.25) is 0 Å². The van der Waals surface area contributed by atoms with Gasteiger partial charge in [-0.25, -0.2) is 10.4 Å². The Kier molecular flexibility index (Phi) is 5.77. The van der Waals surface area contributed by atoms with Crippen LogP contribution >= 0.6 is 11.8 Å². The van der Waals surface area contributed by atoms with Crippen molar-refractivity contribution in [3.8, 4) is 0 Å². The van der Waals surface area contributed by atoms with Gasteiger partial charge < -0.3 is 10.2 Å². The summed E-state index contributed by atoms with van der Waals surface area (Å²) in [5.41, 5.74) is 2.38. The maximum atomic E-state index is 12.8. The van der Waals surface area contributed by atoms with Gasteiger partial charge in [-0.05, 0) is 24.3 Å². The van der Waals surface area contributed by atoms with Gasteiger partial charge in [0.15, 0.2) is 0 Å². The van der Waals surface area contributed by atoms with E-state index in [0.29, 0.717) is 11.5 Å². The molecule has 1 unspecified atom stereocenters. The van der Waals surface area contributed by atoms with Crippen LogP contribution in [0.1, 0.15) is 6.42 Å². The van der Waals surface area contributed by atoms with Crippen LogP contribution in [0, 0.1) is 4.91 Å². The molecule has 27 heavy (non-hydrogen) atoms. The monoisotopic (exact) mass is 385 g/mol. The number of para-hydroxylation sites is 1. The van der Waals surface area contributed by atoms with Crippen LogP contribution in [-0.4, -0.2) is 34.5 Å². The minimum Gasteiger partial charge on any atom is -0.309 e. The highest BCUT2D eigenvalue weighted by Crippen LogP contribution is 2.40. The van der Waals surface area contributed by atoms with E-state index in [-0.39, 0.29) is 13.0 Å². The number of amides is 3. The van der Waals surface area contributed by atoms with E-state index in [4.69, 9.17) is 0 Å². The number of fused-ring (bicyclic) bond motifs is 1. The number of carbonyl (C=O) groups is 3. The van der Waals surface area contributed by atoms with Crippen LogP contribution in [0.25, 0.3) is 0 Å². The Labute approximate surface area is 158 Å². The largest absolute Gasteiger partial charge is 0.309 e. The zero-order valence-electron chi connectivity index (χ0n) is 14.0. The Bertz CT molecular complexity index is 877. The van der Waals surface area contributed by atoms with Crippen LogP contribution in [0.3, 0.4) is 0 Å². The zero-order valence-corrected chi connectivity index (χ0v) is 14.8. The summed E-state index contributed by atoms with van der Waals surface area (Å²) in [4.78, 5) is 53.2. The van der Waals surface area contributed by atoms with E-state index in [1.54, 1.807) is 54.1 Å². The normalized spacial score (nSPS) is 15.6. The van der Waals surface area contributed by atoms with E-state index in [1.807, 2.05) is 0 Å². The number of thioether (sulfide) groups is 1. The van der Waals surface area contributed by atoms with Gasteiger partial charge in [-0.3, -0.25) is 14.4 Å². The molecule has 138 valence electrons. The highest BCUT2D eigenvalue weighted by Gasteiger charge is 2.35. The summed E-state index contributed by atoms with van der Waals surface area (Å²) in [5.74, 6) is -1.09. The standard InChI is InChI=1S/C17H15N5O4S/c23-15(20-21-26)9-13-17(25)22(11-5-1-2-6-12(11)27-13)10-16(24)19-14-7-3-4-8-18-14/h1-8,13H,9-10H2,(H,18,19,24)(H,20,23,26). The molecule has 0 aliphatic carbocycles. The maximum Gasteiger partial charge on any atom is 0.245 e. The van der Waals surface area contributed by atoms with Crippen LogP contribution in [-0.2, 0) is 14.4 Å². The van der Waals surface area contributed by atoms with Gasteiger partial charge >= 0.3 is 0 Å². The molecular formula is C17H15N5O4S. The summed E-state index contributed by atoms with van der Waals surface area (Å²) in [6.45, 7) is -0.225. The molecule has 0 saturated heterocycles. The molecular weight excluding hydrogens is 370 g/mol. The highest BCUT2D eigenvalue weighted by molar-refractivity contribution is 8.01. The second-order valence-electron chi connectivity index (χ2n) is 5.59. The number of nitrogens with one attached hydrogen (secondary N) is 2. The zero-order chi connectivity index (χ0) is 19.2. The molecule has 0 saturated carbocycles. The van der Waals surface area contributed by atoms with Gasteiger partial charge in [0.05, 0.1) is 16.2 Å². The topological polar surface area (TPSA) is 121 Å². The first-order valence-electron chi connectivity index (χ1n) is 7.97. The third-order valence-corrected chi connectivity index (χ3v) is 4.99. The number of anilines is 2. The summed E-state index contributed by atoms with van der Waals surface area (Å²) >= 11 is 1.21. The summed E-state index contributed by atoms with van der Waals surface area (Å²) in [6.07, 6.45) is 1.32. The first kappa shape index (κ1) is 18.5. The number of nitrogens with zero attached hydrogens (tertiary/aromatic N) is 3. The molecule has 10 heteroatoms. The van der Waals surface area contributed by atoms with Gasteiger partial charge in [0.1, 0.15) is 12.4 Å². The summed E-state index contributed by atoms with van der Waals surface area (Å²) in [5, 5.41) is 4.20. The molecule has 2 N–H and O–H groups in total. The number of aromatic nitrogens is 1. The smallest absolute Gasteiger partial charge is 0.245 e. The van der Waals surface area contributed by atoms with E-state index >= 15 is 0 Å². The van der Waals surface area contributed by atoms with Crippen LogP contribution in [0.5, 0.6) is 0 Å². The van der Waals surface area contributed by atoms with Crippen molar-refractivity contribution >= 4 is 41.0 Å². The second-order valence-corrected chi connectivity index (χ2v) is 6.84. The lowest BCUT2D eigenvalue weighted by atomic mass is 10.2. The van der Waals surface area contributed by atoms with Gasteiger partial charge in [-0.1, -0.05) is 18.2 Å². The minimum atomic E-state index is -0.760. The number of pyridine rings is 1. The van der Waals surface area contributed by atoms with Gasteiger partial charge in [0.25, 0.3) is 0 Å². The maximum absolute atomic E-state index is 12.8. The molecule has 0 fully saturated rings. The van der Waals surface area contributed by atoms with Gasteiger partial charge in [-0.2, -0.15) is 0 Å². The molecule has 0 radical (unpaired) electrons. The lowest BCUT2D eigenvalue weighted by Gasteiger charge is -2.32. The van der Waals surface area contributed by atoms with Crippen molar-refractivity contribution in [3.63, 3.8) is 0 Å². The molecule has 2 aromatic rings. The summed E-state index contributed by atoms with van der Waals surface area (Å²) in [6, 6.07) is 12.2. The number of nitroso groups, excluding NO2 is 1.